The predicted octanol–water partition coefficient (Wildman–Crippen LogP) is 4.94. The molecule has 39 heavy (non-hydrogen) atoms. The highest BCUT2D eigenvalue weighted by Gasteiger charge is 2.40. The van der Waals surface area contributed by atoms with Crippen molar-refractivity contribution in [3.8, 4) is 0 Å². The molecule has 14 heteroatoms. The summed E-state index contributed by atoms with van der Waals surface area (Å²) in [5.41, 5.74) is -0.541. The Balaban J connectivity index is 1.34. The van der Waals surface area contributed by atoms with Crippen LogP contribution in [0.5, 0.6) is 0 Å². The number of aromatic nitrogens is 5. The first kappa shape index (κ1) is 27.4. The normalized spacial score (nSPS) is 18.1. The van der Waals surface area contributed by atoms with E-state index in [1.165, 1.54) is 4.88 Å². The van der Waals surface area contributed by atoms with Crippen molar-refractivity contribution in [3.63, 3.8) is 0 Å². The number of halogens is 3. The summed E-state index contributed by atoms with van der Waals surface area (Å²) in [7, 11) is 0. The monoisotopic (exact) mass is 566 g/mol. The van der Waals surface area contributed by atoms with E-state index in [0.29, 0.717) is 37.9 Å². The van der Waals surface area contributed by atoms with Crippen molar-refractivity contribution in [3.05, 3.63) is 22.6 Å². The van der Waals surface area contributed by atoms with Crippen molar-refractivity contribution in [2.75, 3.05) is 36.4 Å². The van der Waals surface area contributed by atoms with E-state index < -0.39 is 17.6 Å². The lowest BCUT2D eigenvalue weighted by Crippen LogP contribution is -2.36. The van der Waals surface area contributed by atoms with Crippen LogP contribution in [0.15, 0.2) is 6.07 Å². The number of nitrogens with one attached hydrogen (secondary N) is 1. The van der Waals surface area contributed by atoms with E-state index in [0.717, 1.165) is 34.0 Å². The van der Waals surface area contributed by atoms with Crippen molar-refractivity contribution in [2.24, 2.45) is 5.92 Å². The lowest BCUT2D eigenvalue weighted by molar-refractivity contribution is -0.147. The molecule has 5 rings (SSSR count). The van der Waals surface area contributed by atoms with Crippen molar-refractivity contribution in [2.45, 2.75) is 71.8 Å². The van der Waals surface area contributed by atoms with E-state index in [-0.39, 0.29) is 30.9 Å². The molecule has 212 valence electrons. The first-order valence-corrected chi connectivity index (χ1v) is 14.0. The molecule has 1 amide bonds. The maximum Gasteiger partial charge on any atom is 0.451 e. The predicted molar refractivity (Wildman–Crippen MR) is 142 cm³/mol. The molecule has 0 bridgehead atoms. The highest BCUT2D eigenvalue weighted by Crippen LogP contribution is 2.35. The molecule has 2 aliphatic rings. The smallest absolute Gasteiger partial charge is 0.444 e. The number of alkyl halides is 3. The summed E-state index contributed by atoms with van der Waals surface area (Å²) in [6, 6.07) is 2.08. The van der Waals surface area contributed by atoms with Crippen LogP contribution in [0.1, 0.15) is 57.1 Å². The summed E-state index contributed by atoms with van der Waals surface area (Å²) in [6.45, 7) is 10.1. The summed E-state index contributed by atoms with van der Waals surface area (Å²) >= 11 is 1.61. The lowest BCUT2D eigenvalue weighted by atomic mass is 10.1. The van der Waals surface area contributed by atoms with Gasteiger partial charge in [0.15, 0.2) is 5.82 Å². The van der Waals surface area contributed by atoms with Crippen LogP contribution in [0, 0.1) is 5.92 Å². The molecule has 0 aromatic carbocycles. The molecule has 3 aromatic heterocycles. The van der Waals surface area contributed by atoms with Crippen LogP contribution in [-0.2, 0) is 30.4 Å². The number of rotatable bonds is 6. The van der Waals surface area contributed by atoms with Gasteiger partial charge in [0.2, 0.25) is 11.8 Å². The second-order valence-corrected chi connectivity index (χ2v) is 12.1. The van der Waals surface area contributed by atoms with Crippen molar-refractivity contribution in [1.29, 1.82) is 0 Å². The van der Waals surface area contributed by atoms with E-state index in [9.17, 15) is 18.0 Å². The minimum absolute atomic E-state index is 0.111. The van der Waals surface area contributed by atoms with Crippen molar-refractivity contribution < 1.29 is 22.7 Å². The summed E-state index contributed by atoms with van der Waals surface area (Å²) in [5.74, 6) is 0.637. The number of ether oxygens (including phenoxy) is 1. The van der Waals surface area contributed by atoms with E-state index in [2.05, 4.69) is 28.5 Å². The Morgan fingerprint density at radius 1 is 1.18 bits per heavy atom. The van der Waals surface area contributed by atoms with Crippen LogP contribution in [0.25, 0.3) is 10.2 Å². The Labute approximate surface area is 228 Å². The van der Waals surface area contributed by atoms with Gasteiger partial charge in [0.05, 0.1) is 11.9 Å². The highest BCUT2D eigenvalue weighted by atomic mass is 32.1. The van der Waals surface area contributed by atoms with E-state index in [4.69, 9.17) is 14.7 Å². The van der Waals surface area contributed by atoms with Gasteiger partial charge in [0.1, 0.15) is 16.2 Å². The number of carbonyl (C=O) groups is 1. The first-order chi connectivity index (χ1) is 18.4. The molecule has 3 aromatic rings. The SMILES string of the molecule is CCCc1cc2c(N3CCn4c(nnc4C(F)(F)F)C3)nc(NC[C@@H]3CCN(C(=O)OC(C)(C)C)C3)nc2s1. The van der Waals surface area contributed by atoms with Gasteiger partial charge in [-0.3, -0.25) is 0 Å². The van der Waals surface area contributed by atoms with E-state index in [1.807, 2.05) is 25.7 Å². The summed E-state index contributed by atoms with van der Waals surface area (Å²) in [5, 5.41) is 11.5. The Morgan fingerprint density at radius 2 is 1.97 bits per heavy atom. The standard InChI is InChI=1S/C25H33F3N8O2S/c1-5-6-16-11-17-19(34-9-10-36-18(14-34)32-33-21(36)25(26,27)28)30-22(31-20(17)39-16)29-12-15-7-8-35(13-15)23(37)38-24(2,3)4/h11,15H,5-10,12-14H2,1-4H3,(H,29,30,31)/t15-/m0/s1. The van der Waals surface area contributed by atoms with Crippen LogP contribution in [0.4, 0.5) is 29.7 Å². The van der Waals surface area contributed by atoms with Gasteiger partial charge in [-0.2, -0.15) is 18.2 Å². The van der Waals surface area contributed by atoms with Crippen molar-refractivity contribution in [1.82, 2.24) is 29.6 Å². The fourth-order valence-electron chi connectivity index (χ4n) is 4.92. The maximum atomic E-state index is 13.3. The third-order valence-corrected chi connectivity index (χ3v) is 7.80. The maximum absolute atomic E-state index is 13.3. The number of nitrogens with zero attached hydrogens (tertiary/aromatic N) is 7. The van der Waals surface area contributed by atoms with Crippen LogP contribution in [0.3, 0.4) is 0 Å². The molecular weight excluding hydrogens is 533 g/mol. The third-order valence-electron chi connectivity index (χ3n) is 6.71. The average Bonchev–Trinajstić information content (AvgIpc) is 3.58. The molecular formula is C25H33F3N8O2S. The molecule has 1 N–H and O–H groups in total. The second-order valence-electron chi connectivity index (χ2n) is 11.0. The number of likely N-dealkylation sites (tertiary alicyclic amines) is 1. The minimum atomic E-state index is -4.55. The topological polar surface area (TPSA) is 101 Å². The molecule has 0 saturated carbocycles. The molecule has 1 fully saturated rings. The average molecular weight is 567 g/mol. The molecule has 2 aliphatic heterocycles. The number of anilines is 2. The molecule has 0 unspecified atom stereocenters. The summed E-state index contributed by atoms with van der Waals surface area (Å²) in [6.07, 6.45) is -2.12. The summed E-state index contributed by atoms with van der Waals surface area (Å²) in [4.78, 5) is 27.7. The first-order valence-electron chi connectivity index (χ1n) is 13.2. The Hall–Kier alpha value is -3.16. The summed E-state index contributed by atoms with van der Waals surface area (Å²) < 4.78 is 46.6. The van der Waals surface area contributed by atoms with Crippen LogP contribution in [0.2, 0.25) is 0 Å². The van der Waals surface area contributed by atoms with Gasteiger partial charge in [0, 0.05) is 37.6 Å². The highest BCUT2D eigenvalue weighted by molar-refractivity contribution is 7.18. The molecule has 10 nitrogen and oxygen atoms in total. The minimum Gasteiger partial charge on any atom is -0.444 e. The third kappa shape index (κ3) is 6.04. The quantitative estimate of drug-likeness (QED) is 0.448. The molecule has 0 aliphatic carbocycles. The van der Waals surface area contributed by atoms with Gasteiger partial charge < -0.3 is 24.4 Å². The van der Waals surface area contributed by atoms with Crippen LogP contribution >= 0.6 is 11.3 Å². The number of amides is 1. The second kappa shape index (κ2) is 10.4. The molecule has 0 radical (unpaired) electrons. The Morgan fingerprint density at radius 3 is 2.69 bits per heavy atom. The van der Waals surface area contributed by atoms with Crippen LogP contribution < -0.4 is 10.2 Å². The number of thiophene rings is 1. The van der Waals surface area contributed by atoms with Gasteiger partial charge in [-0.15, -0.1) is 21.5 Å². The Bertz CT molecular complexity index is 1350. The molecule has 5 heterocycles. The van der Waals surface area contributed by atoms with Gasteiger partial charge in [0.25, 0.3) is 0 Å². The van der Waals surface area contributed by atoms with Gasteiger partial charge in [-0.1, -0.05) is 13.3 Å². The van der Waals surface area contributed by atoms with Gasteiger partial charge >= 0.3 is 12.3 Å². The molecule has 1 saturated heterocycles. The molecule has 0 spiro atoms. The fourth-order valence-corrected chi connectivity index (χ4v) is 6.05. The van der Waals surface area contributed by atoms with E-state index in [1.54, 1.807) is 16.2 Å². The Kier molecular flexibility index (Phi) is 7.33. The van der Waals surface area contributed by atoms with Crippen LogP contribution in [-0.4, -0.2) is 67.5 Å². The largest absolute Gasteiger partial charge is 0.451 e. The van der Waals surface area contributed by atoms with Crippen molar-refractivity contribution >= 4 is 39.4 Å². The zero-order valence-corrected chi connectivity index (χ0v) is 23.3. The number of hydrogen-bond donors (Lipinski definition) is 1. The van der Waals surface area contributed by atoms with E-state index >= 15 is 0 Å². The number of fused-ring (bicyclic) bond motifs is 2. The lowest BCUT2D eigenvalue weighted by Gasteiger charge is -2.29. The zero-order chi connectivity index (χ0) is 27.9. The number of carbonyl (C=O) groups excluding carboxylic acids is 1. The number of aryl methyl sites for hydroxylation is 1. The zero-order valence-electron chi connectivity index (χ0n) is 22.5. The van der Waals surface area contributed by atoms with Gasteiger partial charge in [-0.25, -0.2) is 9.78 Å². The van der Waals surface area contributed by atoms with Gasteiger partial charge in [-0.05, 0) is 45.6 Å². The fraction of sp³-hybridized carbons (Fsp3) is 0.640. The molecule has 1 atom stereocenters. The number of hydrogen-bond acceptors (Lipinski definition) is 9.